The average molecular weight is 739 g/mol. The molecule has 0 atom stereocenters. The zero-order valence-corrected chi connectivity index (χ0v) is 31.9. The lowest BCUT2D eigenvalue weighted by Crippen LogP contribution is -2.50. The standard InChI is InChI=1S/C23H30F2O2.C22H28F2O2/c1-3-27-20-9-8-19(21(24)22(20)25)17-6-4-16(5-7-17)18-12-23(13-18)10-15(11-23)14-26-2;1-2-26-19-8-7-18(20(23)21(19)24)16-5-3-15(4-6-16)17-11-22(12-17)9-14(10-22)13-25/h8-9,14,16-18H,3-7,10-13H2,1-2H3;7-8,13-17H,2-6,9-12H2,1H3. The molecule has 4 nitrogen and oxygen atoms in total. The van der Waals surface area contributed by atoms with E-state index in [9.17, 15) is 22.4 Å². The second-order valence-electron chi connectivity index (χ2n) is 17.7. The highest BCUT2D eigenvalue weighted by atomic mass is 19.2. The lowest BCUT2D eigenvalue weighted by Gasteiger charge is -2.59. The minimum Gasteiger partial charge on any atom is -0.504 e. The molecule has 6 aliphatic rings. The van der Waals surface area contributed by atoms with E-state index in [0.717, 1.165) is 94.2 Å². The van der Waals surface area contributed by atoms with Crippen LogP contribution in [0.4, 0.5) is 17.6 Å². The summed E-state index contributed by atoms with van der Waals surface area (Å²) in [6.07, 6.45) is 21.2. The van der Waals surface area contributed by atoms with E-state index < -0.39 is 23.3 Å². The van der Waals surface area contributed by atoms with Gasteiger partial charge in [0.2, 0.25) is 11.6 Å². The van der Waals surface area contributed by atoms with Gasteiger partial charge in [-0.05, 0) is 192 Å². The summed E-state index contributed by atoms with van der Waals surface area (Å²) < 4.78 is 72.7. The lowest BCUT2D eigenvalue weighted by molar-refractivity contribution is -0.130. The minimum absolute atomic E-state index is 0.0105. The van der Waals surface area contributed by atoms with Crippen LogP contribution < -0.4 is 9.47 Å². The number of carbonyl (C=O) groups excluding carboxylic acids is 1. The van der Waals surface area contributed by atoms with Crippen LogP contribution in [0.5, 0.6) is 11.5 Å². The maximum atomic E-state index is 14.5. The van der Waals surface area contributed by atoms with Crippen LogP contribution in [0.15, 0.2) is 36.1 Å². The van der Waals surface area contributed by atoms with Gasteiger partial charge in [0.25, 0.3) is 0 Å². The third-order valence-electron chi connectivity index (χ3n) is 14.4. The number of aldehydes is 1. The number of allylic oxidation sites excluding steroid dienone is 1. The van der Waals surface area contributed by atoms with Crippen molar-refractivity contribution in [2.75, 3.05) is 20.3 Å². The van der Waals surface area contributed by atoms with Gasteiger partial charge in [-0.1, -0.05) is 12.1 Å². The van der Waals surface area contributed by atoms with Crippen LogP contribution >= 0.6 is 0 Å². The topological polar surface area (TPSA) is 44.8 Å². The Kier molecular flexibility index (Phi) is 11.5. The Morgan fingerprint density at radius 3 is 1.43 bits per heavy atom. The second-order valence-corrected chi connectivity index (χ2v) is 17.7. The van der Waals surface area contributed by atoms with Crippen molar-refractivity contribution in [1.82, 2.24) is 0 Å². The Hall–Kier alpha value is -3.03. The molecule has 0 unspecified atom stereocenters. The van der Waals surface area contributed by atoms with Gasteiger partial charge in [-0.15, -0.1) is 0 Å². The normalized spacial score (nSPS) is 34.4. The van der Waals surface area contributed by atoms with Crippen molar-refractivity contribution >= 4 is 6.29 Å². The summed E-state index contributed by atoms with van der Waals surface area (Å²) in [6.45, 7) is 4.21. The van der Waals surface area contributed by atoms with Crippen molar-refractivity contribution in [3.8, 4) is 11.5 Å². The third-order valence-corrected chi connectivity index (χ3v) is 14.4. The van der Waals surface area contributed by atoms with Gasteiger partial charge in [-0.25, -0.2) is 8.78 Å². The molecule has 0 saturated heterocycles. The first-order valence-electron chi connectivity index (χ1n) is 20.5. The van der Waals surface area contributed by atoms with Crippen LogP contribution in [0.3, 0.4) is 0 Å². The van der Waals surface area contributed by atoms with E-state index in [0.29, 0.717) is 41.1 Å². The SMILES string of the molecule is CCOc1ccc(C2CCC(C3CC4(CC(=COC)C4)C3)CC2)c(F)c1F.CCOc1ccc(C2CCC(C3CC4(CC(C=O)C4)C3)CC2)c(F)c1F. The molecule has 0 aromatic heterocycles. The molecular weight excluding hydrogens is 680 g/mol. The number of benzene rings is 2. The second kappa shape index (κ2) is 16.0. The van der Waals surface area contributed by atoms with Crippen LogP contribution in [0.2, 0.25) is 0 Å². The number of halogens is 4. The van der Waals surface area contributed by atoms with Crippen molar-refractivity contribution in [2.45, 2.75) is 128 Å². The van der Waals surface area contributed by atoms with Gasteiger partial charge in [-0.3, -0.25) is 0 Å². The van der Waals surface area contributed by atoms with Crippen molar-refractivity contribution in [1.29, 1.82) is 0 Å². The maximum absolute atomic E-state index is 14.5. The fourth-order valence-electron chi connectivity index (χ4n) is 11.8. The van der Waals surface area contributed by atoms with Gasteiger partial charge < -0.3 is 19.0 Å². The van der Waals surface area contributed by atoms with E-state index in [1.165, 1.54) is 44.1 Å². The smallest absolute Gasteiger partial charge is 0.200 e. The molecule has 8 heteroatoms. The number of carbonyl (C=O) groups is 1. The number of hydrogen-bond donors (Lipinski definition) is 0. The summed E-state index contributed by atoms with van der Waals surface area (Å²) in [5, 5.41) is 0. The number of ether oxygens (including phenoxy) is 3. The zero-order valence-electron chi connectivity index (χ0n) is 31.9. The Morgan fingerprint density at radius 2 is 1.04 bits per heavy atom. The average Bonchev–Trinajstić information content (AvgIpc) is 3.09. The van der Waals surface area contributed by atoms with Crippen molar-refractivity contribution in [3.05, 3.63) is 70.5 Å². The maximum Gasteiger partial charge on any atom is 0.200 e. The van der Waals surface area contributed by atoms with Crippen LogP contribution in [-0.4, -0.2) is 26.6 Å². The largest absolute Gasteiger partial charge is 0.504 e. The molecule has 0 radical (unpaired) electrons. The fourth-order valence-corrected chi connectivity index (χ4v) is 11.8. The molecule has 0 amide bonds. The first-order chi connectivity index (χ1) is 25.6. The summed E-state index contributed by atoms with van der Waals surface area (Å²) in [4.78, 5) is 10.8. The highest BCUT2D eigenvalue weighted by Crippen LogP contribution is 2.65. The summed E-state index contributed by atoms with van der Waals surface area (Å²) in [5.74, 6) is 0.590. The van der Waals surface area contributed by atoms with Gasteiger partial charge in [-0.2, -0.15) is 8.78 Å². The molecule has 53 heavy (non-hydrogen) atoms. The molecule has 2 aromatic carbocycles. The van der Waals surface area contributed by atoms with Gasteiger partial charge in [0.15, 0.2) is 23.1 Å². The molecule has 2 spiro atoms. The molecule has 2 aromatic rings. The molecule has 0 bridgehead atoms. The predicted octanol–water partition coefficient (Wildman–Crippen LogP) is 12.0. The Morgan fingerprint density at radius 1 is 0.604 bits per heavy atom. The summed E-state index contributed by atoms with van der Waals surface area (Å²) in [5.41, 5.74) is 3.55. The minimum atomic E-state index is -0.845. The number of hydrogen-bond acceptors (Lipinski definition) is 4. The quantitative estimate of drug-likeness (QED) is 0.138. The third kappa shape index (κ3) is 7.76. The first kappa shape index (κ1) is 38.3. The van der Waals surface area contributed by atoms with Crippen LogP contribution in [0.1, 0.15) is 140 Å². The van der Waals surface area contributed by atoms with Gasteiger partial charge in [0.1, 0.15) is 6.29 Å². The molecule has 0 heterocycles. The van der Waals surface area contributed by atoms with E-state index in [1.54, 1.807) is 45.2 Å². The summed E-state index contributed by atoms with van der Waals surface area (Å²) in [6, 6.07) is 6.59. The van der Waals surface area contributed by atoms with Gasteiger partial charge >= 0.3 is 0 Å². The van der Waals surface area contributed by atoms with E-state index in [4.69, 9.17) is 14.2 Å². The molecule has 0 N–H and O–H groups in total. The molecule has 290 valence electrons. The molecule has 6 aliphatic carbocycles. The molecule has 6 saturated carbocycles. The fraction of sp³-hybridized carbons (Fsp3) is 0.667. The van der Waals surface area contributed by atoms with Crippen molar-refractivity contribution in [3.63, 3.8) is 0 Å². The van der Waals surface area contributed by atoms with E-state index in [2.05, 4.69) is 0 Å². The van der Waals surface area contributed by atoms with E-state index >= 15 is 0 Å². The highest BCUT2D eigenvalue weighted by molar-refractivity contribution is 5.56. The molecule has 0 aliphatic heterocycles. The molecule has 8 rings (SSSR count). The van der Waals surface area contributed by atoms with E-state index in [1.807, 2.05) is 6.26 Å². The summed E-state index contributed by atoms with van der Waals surface area (Å²) >= 11 is 0. The van der Waals surface area contributed by atoms with Crippen LogP contribution in [0.25, 0.3) is 0 Å². The highest BCUT2D eigenvalue weighted by Gasteiger charge is 2.55. The first-order valence-corrected chi connectivity index (χ1v) is 20.5. The van der Waals surface area contributed by atoms with Crippen molar-refractivity contribution in [2.24, 2.45) is 40.4 Å². The lowest BCUT2D eigenvalue weighted by atomic mass is 9.46. The van der Waals surface area contributed by atoms with Gasteiger partial charge in [0, 0.05) is 5.92 Å². The van der Waals surface area contributed by atoms with Crippen LogP contribution in [-0.2, 0) is 9.53 Å². The van der Waals surface area contributed by atoms with E-state index in [-0.39, 0.29) is 23.3 Å². The number of rotatable bonds is 10. The Balaban J connectivity index is 0.000000164. The van der Waals surface area contributed by atoms with Crippen molar-refractivity contribution < 1.29 is 36.6 Å². The van der Waals surface area contributed by atoms with Crippen LogP contribution in [0, 0.1) is 63.7 Å². The monoisotopic (exact) mass is 738 g/mol. The zero-order chi connectivity index (χ0) is 37.3. The molecular formula is C45H58F4O4. The summed E-state index contributed by atoms with van der Waals surface area (Å²) in [7, 11) is 1.72. The molecule has 6 fully saturated rings. The number of methoxy groups -OCH3 is 1. The van der Waals surface area contributed by atoms with Gasteiger partial charge in [0.05, 0.1) is 26.6 Å². The Labute approximate surface area is 313 Å². The predicted molar refractivity (Wildman–Crippen MR) is 198 cm³/mol. The Bertz CT molecular complexity index is 1610.